The molecular weight excluding hydrogens is 450 g/mol. The molecule has 0 saturated heterocycles. The summed E-state index contributed by atoms with van der Waals surface area (Å²) < 4.78 is 28.1. The first-order valence-corrected chi connectivity index (χ1v) is 11.6. The van der Waals surface area contributed by atoms with Crippen LogP contribution in [0.1, 0.15) is 27.1 Å². The fourth-order valence-corrected chi connectivity index (χ4v) is 5.30. The van der Waals surface area contributed by atoms with E-state index in [0.717, 1.165) is 32.8 Å². The Balaban J connectivity index is 1.47. The highest BCUT2D eigenvalue weighted by Crippen LogP contribution is 2.37. The van der Waals surface area contributed by atoms with Crippen molar-refractivity contribution < 1.29 is 13.6 Å². The number of benzene rings is 2. The Hall–Kier alpha value is -2.77. The van der Waals surface area contributed by atoms with E-state index in [0.29, 0.717) is 30.1 Å². The topological polar surface area (TPSA) is 82.1 Å². The predicted molar refractivity (Wildman–Crippen MR) is 122 cm³/mol. The van der Waals surface area contributed by atoms with Gasteiger partial charge in [0, 0.05) is 35.0 Å². The van der Waals surface area contributed by atoms with E-state index >= 15 is 0 Å². The second kappa shape index (κ2) is 9.79. The van der Waals surface area contributed by atoms with Crippen molar-refractivity contribution in [3.63, 3.8) is 0 Å². The summed E-state index contributed by atoms with van der Waals surface area (Å²) in [6.07, 6.45) is 0.764. The molecule has 32 heavy (non-hydrogen) atoms. The third-order valence-corrected chi connectivity index (χ3v) is 7.04. The van der Waals surface area contributed by atoms with Crippen LogP contribution in [0.15, 0.2) is 47.4 Å². The Bertz CT molecular complexity index is 1170. The first-order valence-electron chi connectivity index (χ1n) is 9.94. The van der Waals surface area contributed by atoms with Crippen molar-refractivity contribution >= 4 is 34.2 Å². The summed E-state index contributed by atoms with van der Waals surface area (Å²) in [6.45, 7) is 1.19. The number of nitrogens with two attached hydrogens (primary N) is 1. The highest BCUT2D eigenvalue weighted by molar-refractivity contribution is 7.97. The van der Waals surface area contributed by atoms with E-state index in [2.05, 4.69) is 11.4 Å². The number of halogens is 2. The number of thiophene rings is 1. The summed E-state index contributed by atoms with van der Waals surface area (Å²) in [5.74, 6) is -1.34. The van der Waals surface area contributed by atoms with E-state index < -0.39 is 11.6 Å². The van der Waals surface area contributed by atoms with E-state index in [1.165, 1.54) is 29.5 Å². The minimum atomic E-state index is -0.564. The molecule has 5 nitrogen and oxygen atoms in total. The van der Waals surface area contributed by atoms with Gasteiger partial charge in [-0.1, -0.05) is 18.2 Å². The number of hydrogen-bond donors (Lipinski definition) is 2. The summed E-state index contributed by atoms with van der Waals surface area (Å²) in [6, 6.07) is 13.5. The van der Waals surface area contributed by atoms with Gasteiger partial charge in [-0.05, 0) is 53.8 Å². The maximum atomic E-state index is 14.0. The fourth-order valence-electron chi connectivity index (χ4n) is 3.75. The number of nitrogens with one attached hydrogen (secondary N) is 1. The lowest BCUT2D eigenvalue weighted by Gasteiger charge is -2.27. The molecule has 1 amide bonds. The smallest absolute Gasteiger partial charge is 0.229 e. The van der Waals surface area contributed by atoms with E-state index in [1.807, 2.05) is 29.2 Å². The van der Waals surface area contributed by atoms with Gasteiger partial charge in [0.05, 0.1) is 12.0 Å². The van der Waals surface area contributed by atoms with Gasteiger partial charge >= 0.3 is 0 Å². The van der Waals surface area contributed by atoms with Gasteiger partial charge in [0.15, 0.2) is 0 Å². The molecule has 1 aromatic heterocycles. The number of anilines is 1. The Morgan fingerprint density at radius 1 is 1.22 bits per heavy atom. The number of amides is 1. The standard InChI is InChI=1S/C23H20F2N4OS2/c24-19-2-1-3-20(25)18(19)12-29-9-8-16-17(11-26)23(31-21(16)13-29)28-22(30)10-14-4-6-15(32-27)7-5-14/h1-7H,8-10,12-13,27H2,(H,28,30). The molecular formula is C23H20F2N4OS2. The highest BCUT2D eigenvalue weighted by Gasteiger charge is 2.26. The van der Waals surface area contributed by atoms with Crippen LogP contribution in [0.5, 0.6) is 0 Å². The van der Waals surface area contributed by atoms with Crippen LogP contribution in [0.3, 0.4) is 0 Å². The first-order chi connectivity index (χ1) is 15.5. The predicted octanol–water partition coefficient (Wildman–Crippen LogP) is 4.60. The average Bonchev–Trinajstić information content (AvgIpc) is 3.12. The van der Waals surface area contributed by atoms with Gasteiger partial charge in [-0.2, -0.15) is 5.26 Å². The van der Waals surface area contributed by atoms with Gasteiger partial charge in [-0.25, -0.2) is 8.78 Å². The first kappa shape index (κ1) is 22.4. The van der Waals surface area contributed by atoms with Crippen LogP contribution in [-0.2, 0) is 30.7 Å². The van der Waals surface area contributed by atoms with Crippen molar-refractivity contribution in [2.24, 2.45) is 5.14 Å². The van der Waals surface area contributed by atoms with E-state index in [-0.39, 0.29) is 24.4 Å². The SMILES string of the molecule is N#Cc1c(NC(=O)Cc2ccc(SN)cc2)sc2c1CCN(Cc1c(F)cccc1F)C2. The van der Waals surface area contributed by atoms with Crippen LogP contribution in [0.2, 0.25) is 0 Å². The average molecular weight is 471 g/mol. The zero-order chi connectivity index (χ0) is 22.7. The number of hydrogen-bond acceptors (Lipinski definition) is 6. The van der Waals surface area contributed by atoms with Crippen LogP contribution >= 0.6 is 23.3 Å². The molecule has 0 spiro atoms. The number of nitrogens with zero attached hydrogens (tertiary/aromatic N) is 2. The molecule has 0 saturated carbocycles. The molecule has 3 aromatic rings. The molecule has 164 valence electrons. The van der Waals surface area contributed by atoms with Crippen molar-refractivity contribution in [2.75, 3.05) is 11.9 Å². The monoisotopic (exact) mass is 470 g/mol. The lowest BCUT2D eigenvalue weighted by atomic mass is 10.0. The molecule has 0 aliphatic carbocycles. The highest BCUT2D eigenvalue weighted by atomic mass is 32.2. The summed E-state index contributed by atoms with van der Waals surface area (Å²) in [5, 5.41) is 18.6. The molecule has 0 fully saturated rings. The Morgan fingerprint density at radius 2 is 1.94 bits per heavy atom. The summed E-state index contributed by atoms with van der Waals surface area (Å²) in [4.78, 5) is 16.4. The number of fused-ring (bicyclic) bond motifs is 1. The molecule has 3 N–H and O–H groups in total. The fraction of sp³-hybridized carbons (Fsp3) is 0.217. The van der Waals surface area contributed by atoms with Crippen molar-refractivity contribution in [1.82, 2.24) is 4.90 Å². The lowest BCUT2D eigenvalue weighted by molar-refractivity contribution is -0.115. The van der Waals surface area contributed by atoms with Crippen molar-refractivity contribution in [3.8, 4) is 6.07 Å². The van der Waals surface area contributed by atoms with E-state index in [1.54, 1.807) is 0 Å². The van der Waals surface area contributed by atoms with Gasteiger partial charge in [-0.15, -0.1) is 11.3 Å². The van der Waals surface area contributed by atoms with Crippen LogP contribution < -0.4 is 10.5 Å². The number of carbonyl (C=O) groups excluding carboxylic acids is 1. The third kappa shape index (κ3) is 4.84. The minimum absolute atomic E-state index is 0.0422. The summed E-state index contributed by atoms with van der Waals surface area (Å²) in [7, 11) is 0. The number of carbonyl (C=O) groups is 1. The van der Waals surface area contributed by atoms with Gasteiger partial charge in [0.1, 0.15) is 22.7 Å². The molecule has 0 unspecified atom stereocenters. The molecule has 1 aliphatic rings. The largest absolute Gasteiger partial charge is 0.316 e. The minimum Gasteiger partial charge on any atom is -0.316 e. The van der Waals surface area contributed by atoms with Crippen molar-refractivity contribution in [3.05, 3.63) is 81.2 Å². The van der Waals surface area contributed by atoms with Crippen LogP contribution in [0.4, 0.5) is 13.8 Å². The van der Waals surface area contributed by atoms with Gasteiger partial charge in [0.2, 0.25) is 5.91 Å². The lowest BCUT2D eigenvalue weighted by Crippen LogP contribution is -2.30. The molecule has 0 atom stereocenters. The summed E-state index contributed by atoms with van der Waals surface area (Å²) in [5.41, 5.74) is 2.27. The Morgan fingerprint density at radius 3 is 2.59 bits per heavy atom. The second-order valence-electron chi connectivity index (χ2n) is 7.47. The number of nitriles is 1. The van der Waals surface area contributed by atoms with E-state index in [4.69, 9.17) is 5.14 Å². The molecule has 2 aromatic carbocycles. The zero-order valence-corrected chi connectivity index (χ0v) is 18.7. The normalized spacial score (nSPS) is 13.4. The molecule has 0 radical (unpaired) electrons. The van der Waals surface area contributed by atoms with Gasteiger partial charge < -0.3 is 5.32 Å². The van der Waals surface area contributed by atoms with Gasteiger partial charge in [0.25, 0.3) is 0 Å². The van der Waals surface area contributed by atoms with Crippen LogP contribution in [-0.4, -0.2) is 17.4 Å². The molecule has 9 heteroatoms. The van der Waals surface area contributed by atoms with Crippen LogP contribution in [0.25, 0.3) is 0 Å². The Labute approximate surface area is 193 Å². The van der Waals surface area contributed by atoms with E-state index in [9.17, 15) is 18.8 Å². The van der Waals surface area contributed by atoms with Crippen LogP contribution in [0, 0.1) is 23.0 Å². The Kier molecular flexibility index (Phi) is 6.86. The molecule has 1 aliphatic heterocycles. The van der Waals surface area contributed by atoms with Crippen molar-refractivity contribution in [2.45, 2.75) is 30.8 Å². The number of rotatable bonds is 6. The quantitative estimate of drug-likeness (QED) is 0.515. The maximum Gasteiger partial charge on any atom is 0.229 e. The molecule has 0 bridgehead atoms. The third-order valence-electron chi connectivity index (χ3n) is 5.37. The second-order valence-corrected chi connectivity index (χ2v) is 9.28. The zero-order valence-electron chi connectivity index (χ0n) is 17.0. The van der Waals surface area contributed by atoms with Gasteiger partial charge in [-0.3, -0.25) is 14.8 Å². The maximum absolute atomic E-state index is 14.0. The van der Waals surface area contributed by atoms with Crippen molar-refractivity contribution in [1.29, 1.82) is 5.26 Å². The summed E-state index contributed by atoms with van der Waals surface area (Å²) >= 11 is 2.49. The molecule has 2 heterocycles. The molecule has 4 rings (SSSR count).